The van der Waals surface area contributed by atoms with Gasteiger partial charge in [0.05, 0.1) is 6.10 Å². The van der Waals surface area contributed by atoms with Gasteiger partial charge in [0.15, 0.2) is 0 Å². The molecule has 1 unspecified atom stereocenters. The SMILES string of the molecule is c1nnc(NCCC2CCCCO2)s1. The lowest BCUT2D eigenvalue weighted by Gasteiger charge is -2.22. The molecule has 1 aliphatic rings. The van der Waals surface area contributed by atoms with E-state index in [1.807, 2.05) is 0 Å². The van der Waals surface area contributed by atoms with Crippen molar-refractivity contribution in [3.63, 3.8) is 0 Å². The smallest absolute Gasteiger partial charge is 0.205 e. The van der Waals surface area contributed by atoms with Crippen molar-refractivity contribution in [2.45, 2.75) is 31.8 Å². The van der Waals surface area contributed by atoms with Crippen LogP contribution in [0.1, 0.15) is 25.7 Å². The molecule has 14 heavy (non-hydrogen) atoms. The average molecular weight is 213 g/mol. The van der Waals surface area contributed by atoms with E-state index in [4.69, 9.17) is 4.74 Å². The molecule has 0 radical (unpaired) electrons. The Morgan fingerprint density at radius 2 is 2.57 bits per heavy atom. The van der Waals surface area contributed by atoms with Crippen LogP contribution in [0.4, 0.5) is 5.13 Å². The van der Waals surface area contributed by atoms with Gasteiger partial charge in [-0.05, 0) is 25.7 Å². The maximum absolute atomic E-state index is 5.62. The largest absolute Gasteiger partial charge is 0.378 e. The second-order valence-electron chi connectivity index (χ2n) is 3.45. The van der Waals surface area contributed by atoms with Gasteiger partial charge in [-0.15, -0.1) is 10.2 Å². The van der Waals surface area contributed by atoms with E-state index in [1.54, 1.807) is 5.51 Å². The summed E-state index contributed by atoms with van der Waals surface area (Å²) in [7, 11) is 0. The number of rotatable bonds is 4. The van der Waals surface area contributed by atoms with Crippen molar-refractivity contribution in [1.82, 2.24) is 10.2 Å². The Morgan fingerprint density at radius 1 is 1.57 bits per heavy atom. The third kappa shape index (κ3) is 2.92. The number of ether oxygens (including phenoxy) is 1. The van der Waals surface area contributed by atoms with E-state index in [-0.39, 0.29) is 0 Å². The van der Waals surface area contributed by atoms with Crippen molar-refractivity contribution in [2.75, 3.05) is 18.5 Å². The van der Waals surface area contributed by atoms with Gasteiger partial charge in [-0.3, -0.25) is 0 Å². The zero-order valence-corrected chi connectivity index (χ0v) is 8.92. The molecule has 1 saturated heterocycles. The van der Waals surface area contributed by atoms with Crippen LogP contribution < -0.4 is 5.32 Å². The number of aromatic nitrogens is 2. The highest BCUT2D eigenvalue weighted by molar-refractivity contribution is 7.13. The van der Waals surface area contributed by atoms with Gasteiger partial charge < -0.3 is 10.1 Å². The first-order valence-corrected chi connectivity index (χ1v) is 5.95. The van der Waals surface area contributed by atoms with E-state index < -0.39 is 0 Å². The molecule has 1 aromatic rings. The van der Waals surface area contributed by atoms with Gasteiger partial charge in [-0.25, -0.2) is 0 Å². The molecule has 0 aromatic carbocycles. The van der Waals surface area contributed by atoms with Crippen molar-refractivity contribution < 1.29 is 4.74 Å². The molecule has 1 fully saturated rings. The summed E-state index contributed by atoms with van der Waals surface area (Å²) in [5.74, 6) is 0. The van der Waals surface area contributed by atoms with Gasteiger partial charge in [-0.2, -0.15) is 0 Å². The molecule has 0 aliphatic carbocycles. The maximum atomic E-state index is 5.62. The van der Waals surface area contributed by atoms with Gasteiger partial charge >= 0.3 is 0 Å². The van der Waals surface area contributed by atoms with Crippen LogP contribution in [-0.4, -0.2) is 29.5 Å². The first-order chi connectivity index (χ1) is 6.95. The average Bonchev–Trinajstić information content (AvgIpc) is 2.72. The predicted molar refractivity (Wildman–Crippen MR) is 56.6 cm³/mol. The second-order valence-corrected chi connectivity index (χ2v) is 4.28. The molecule has 1 N–H and O–H groups in total. The highest BCUT2D eigenvalue weighted by Gasteiger charge is 2.12. The Hall–Kier alpha value is -0.680. The summed E-state index contributed by atoms with van der Waals surface area (Å²) < 4.78 is 5.62. The van der Waals surface area contributed by atoms with Gasteiger partial charge in [0.25, 0.3) is 0 Å². The highest BCUT2D eigenvalue weighted by atomic mass is 32.1. The summed E-state index contributed by atoms with van der Waals surface area (Å²) in [6, 6.07) is 0. The van der Waals surface area contributed by atoms with Crippen LogP contribution in [0.5, 0.6) is 0 Å². The number of nitrogens with zero attached hydrogens (tertiary/aromatic N) is 2. The Bertz CT molecular complexity index is 247. The van der Waals surface area contributed by atoms with Crippen LogP contribution in [-0.2, 0) is 4.74 Å². The van der Waals surface area contributed by atoms with Crippen molar-refractivity contribution >= 4 is 16.5 Å². The molecule has 2 rings (SSSR count). The molecule has 0 amide bonds. The quantitative estimate of drug-likeness (QED) is 0.830. The zero-order chi connectivity index (χ0) is 9.64. The number of hydrogen-bond donors (Lipinski definition) is 1. The van der Waals surface area contributed by atoms with Crippen LogP contribution in [0.2, 0.25) is 0 Å². The van der Waals surface area contributed by atoms with Gasteiger partial charge in [-0.1, -0.05) is 11.3 Å². The molecule has 1 aliphatic heterocycles. The van der Waals surface area contributed by atoms with Crippen molar-refractivity contribution in [2.24, 2.45) is 0 Å². The first kappa shape index (κ1) is 9.86. The fraction of sp³-hybridized carbons (Fsp3) is 0.778. The molecular formula is C9H15N3OS. The predicted octanol–water partition coefficient (Wildman–Crippen LogP) is 1.91. The third-order valence-electron chi connectivity index (χ3n) is 2.38. The van der Waals surface area contributed by atoms with Crippen molar-refractivity contribution in [3.8, 4) is 0 Å². The van der Waals surface area contributed by atoms with Gasteiger partial charge in [0.2, 0.25) is 5.13 Å². The lowest BCUT2D eigenvalue weighted by Crippen LogP contribution is -2.21. The van der Waals surface area contributed by atoms with Crippen molar-refractivity contribution in [1.29, 1.82) is 0 Å². The topological polar surface area (TPSA) is 47.0 Å². The molecule has 0 bridgehead atoms. The Kier molecular flexibility index (Phi) is 3.71. The second kappa shape index (κ2) is 5.26. The molecule has 4 nitrogen and oxygen atoms in total. The molecule has 1 atom stereocenters. The van der Waals surface area contributed by atoms with Crippen LogP contribution in [0.15, 0.2) is 5.51 Å². The number of nitrogens with one attached hydrogen (secondary N) is 1. The fourth-order valence-electron chi connectivity index (χ4n) is 1.63. The molecule has 78 valence electrons. The molecule has 0 spiro atoms. The van der Waals surface area contributed by atoms with Crippen molar-refractivity contribution in [3.05, 3.63) is 5.51 Å². The number of hydrogen-bond acceptors (Lipinski definition) is 5. The Labute approximate surface area is 87.7 Å². The van der Waals surface area contributed by atoms with E-state index in [0.29, 0.717) is 6.10 Å². The standard InChI is InChI=1S/C9H15N3OS/c1-2-6-13-8(3-1)4-5-10-9-12-11-7-14-9/h7-8H,1-6H2,(H,10,12). The highest BCUT2D eigenvalue weighted by Crippen LogP contribution is 2.16. The van der Waals surface area contributed by atoms with E-state index in [1.165, 1.54) is 30.6 Å². The third-order valence-corrected chi connectivity index (χ3v) is 3.03. The van der Waals surface area contributed by atoms with E-state index in [9.17, 15) is 0 Å². The molecule has 5 heteroatoms. The minimum Gasteiger partial charge on any atom is -0.378 e. The van der Waals surface area contributed by atoms with E-state index in [2.05, 4.69) is 15.5 Å². The monoisotopic (exact) mass is 213 g/mol. The normalized spacial score (nSPS) is 22.1. The summed E-state index contributed by atoms with van der Waals surface area (Å²) in [6.45, 7) is 1.86. The summed E-state index contributed by atoms with van der Waals surface area (Å²) in [5, 5.41) is 11.8. The summed E-state index contributed by atoms with van der Waals surface area (Å²) in [6.07, 6.45) is 5.26. The summed E-state index contributed by atoms with van der Waals surface area (Å²) >= 11 is 1.54. The van der Waals surface area contributed by atoms with E-state index in [0.717, 1.165) is 24.7 Å². The number of anilines is 1. The minimum atomic E-state index is 0.448. The van der Waals surface area contributed by atoms with E-state index >= 15 is 0 Å². The lowest BCUT2D eigenvalue weighted by atomic mass is 10.1. The van der Waals surface area contributed by atoms with Crippen LogP contribution >= 0.6 is 11.3 Å². The summed E-state index contributed by atoms with van der Waals surface area (Å²) in [4.78, 5) is 0. The molecule has 1 aromatic heterocycles. The van der Waals surface area contributed by atoms with Crippen LogP contribution in [0.25, 0.3) is 0 Å². The van der Waals surface area contributed by atoms with Crippen LogP contribution in [0, 0.1) is 0 Å². The lowest BCUT2D eigenvalue weighted by molar-refractivity contribution is 0.0134. The molecular weight excluding hydrogens is 198 g/mol. The maximum Gasteiger partial charge on any atom is 0.205 e. The van der Waals surface area contributed by atoms with Crippen LogP contribution in [0.3, 0.4) is 0 Å². The Morgan fingerprint density at radius 3 is 3.29 bits per heavy atom. The Balaban J connectivity index is 1.62. The first-order valence-electron chi connectivity index (χ1n) is 5.07. The van der Waals surface area contributed by atoms with Gasteiger partial charge in [0.1, 0.15) is 5.51 Å². The van der Waals surface area contributed by atoms with Gasteiger partial charge in [0, 0.05) is 13.2 Å². The zero-order valence-electron chi connectivity index (χ0n) is 8.11. The molecule has 0 saturated carbocycles. The summed E-state index contributed by atoms with van der Waals surface area (Å²) in [5.41, 5.74) is 1.74. The minimum absolute atomic E-state index is 0.448. The fourth-order valence-corrected chi connectivity index (χ4v) is 2.10. The molecule has 2 heterocycles.